The first-order valence-electron chi connectivity index (χ1n) is 5.78. The average Bonchev–Trinajstić information content (AvgIpc) is 2.64. The van der Waals surface area contributed by atoms with E-state index in [1.165, 1.54) is 25.0 Å². The monoisotopic (exact) mass is 233 g/mol. The van der Waals surface area contributed by atoms with Crippen LogP contribution in [0.1, 0.15) is 26.2 Å². The highest BCUT2D eigenvalue weighted by atomic mass is 32.2. The Morgan fingerprint density at radius 2 is 2.33 bits per heavy atom. The largest absolute Gasteiger partial charge is 0.389 e. The third kappa shape index (κ3) is 5.20. The van der Waals surface area contributed by atoms with Crippen LogP contribution in [0.4, 0.5) is 0 Å². The van der Waals surface area contributed by atoms with Crippen LogP contribution in [0.5, 0.6) is 0 Å². The quantitative estimate of drug-likeness (QED) is 0.694. The van der Waals surface area contributed by atoms with Gasteiger partial charge in [0.1, 0.15) is 0 Å². The van der Waals surface area contributed by atoms with Crippen LogP contribution in [0.2, 0.25) is 0 Å². The topological polar surface area (TPSA) is 41.5 Å². The predicted octanol–water partition coefficient (Wildman–Crippen LogP) is 1.26. The second kappa shape index (κ2) is 7.49. The minimum Gasteiger partial charge on any atom is -0.389 e. The summed E-state index contributed by atoms with van der Waals surface area (Å²) in [6, 6.07) is 0.598. The first kappa shape index (κ1) is 13.3. The fourth-order valence-electron chi connectivity index (χ4n) is 2.07. The second-order valence-electron chi connectivity index (χ2n) is 4.10. The minimum atomic E-state index is -0.368. The van der Waals surface area contributed by atoms with Gasteiger partial charge in [0, 0.05) is 24.9 Å². The summed E-state index contributed by atoms with van der Waals surface area (Å²) in [7, 11) is 1.62. The van der Waals surface area contributed by atoms with Crippen molar-refractivity contribution >= 4 is 11.8 Å². The van der Waals surface area contributed by atoms with Crippen molar-refractivity contribution in [1.82, 2.24) is 5.32 Å². The molecule has 1 saturated carbocycles. The molecule has 1 fully saturated rings. The normalized spacial score (nSPS) is 28.2. The third-order valence-corrected chi connectivity index (χ3v) is 4.02. The van der Waals surface area contributed by atoms with E-state index in [1.807, 2.05) is 0 Å². The van der Waals surface area contributed by atoms with E-state index in [0.717, 1.165) is 5.25 Å². The first-order chi connectivity index (χ1) is 7.26. The second-order valence-corrected chi connectivity index (χ2v) is 5.68. The maximum atomic E-state index is 9.49. The fourth-order valence-corrected chi connectivity index (χ4v) is 3.21. The highest BCUT2D eigenvalue weighted by Crippen LogP contribution is 2.29. The van der Waals surface area contributed by atoms with Crippen LogP contribution in [-0.4, -0.2) is 48.5 Å². The van der Waals surface area contributed by atoms with Crippen LogP contribution >= 0.6 is 11.8 Å². The van der Waals surface area contributed by atoms with Gasteiger partial charge in [-0.05, 0) is 25.0 Å². The van der Waals surface area contributed by atoms with Gasteiger partial charge < -0.3 is 15.2 Å². The van der Waals surface area contributed by atoms with Gasteiger partial charge in [-0.3, -0.25) is 0 Å². The standard InChI is InChI=1S/C11H23NO2S/c1-3-15-11-5-4-9(6-11)12-7-10(13)8-14-2/h9-13H,3-8H2,1-2H3. The Kier molecular flexibility index (Phi) is 6.64. The molecule has 0 bridgehead atoms. The molecule has 0 spiro atoms. The Morgan fingerprint density at radius 1 is 1.53 bits per heavy atom. The van der Waals surface area contributed by atoms with E-state index in [1.54, 1.807) is 7.11 Å². The number of rotatable bonds is 7. The lowest BCUT2D eigenvalue weighted by atomic mass is 10.2. The summed E-state index contributed by atoms with van der Waals surface area (Å²) in [6.07, 6.45) is 3.44. The number of aliphatic hydroxyl groups is 1. The molecule has 3 nitrogen and oxygen atoms in total. The lowest BCUT2D eigenvalue weighted by Crippen LogP contribution is -2.36. The van der Waals surface area contributed by atoms with E-state index in [-0.39, 0.29) is 6.10 Å². The summed E-state index contributed by atoms with van der Waals surface area (Å²) in [6.45, 7) is 3.29. The zero-order valence-corrected chi connectivity index (χ0v) is 10.6. The molecule has 0 aliphatic heterocycles. The molecule has 90 valence electrons. The smallest absolute Gasteiger partial charge is 0.0897 e. The maximum absolute atomic E-state index is 9.49. The van der Waals surface area contributed by atoms with Crippen LogP contribution < -0.4 is 5.32 Å². The number of hydrogen-bond acceptors (Lipinski definition) is 4. The Balaban J connectivity index is 2.08. The van der Waals surface area contributed by atoms with Crippen molar-refractivity contribution in [3.05, 3.63) is 0 Å². The summed E-state index contributed by atoms with van der Waals surface area (Å²) < 4.78 is 4.88. The van der Waals surface area contributed by atoms with Crippen LogP contribution in [0.15, 0.2) is 0 Å². The van der Waals surface area contributed by atoms with E-state index in [2.05, 4.69) is 24.0 Å². The lowest BCUT2D eigenvalue weighted by Gasteiger charge is -2.16. The van der Waals surface area contributed by atoms with Gasteiger partial charge in [0.2, 0.25) is 0 Å². The Morgan fingerprint density at radius 3 is 3.00 bits per heavy atom. The lowest BCUT2D eigenvalue weighted by molar-refractivity contribution is 0.0628. The van der Waals surface area contributed by atoms with E-state index >= 15 is 0 Å². The van der Waals surface area contributed by atoms with Crippen molar-refractivity contribution in [1.29, 1.82) is 0 Å². The highest BCUT2D eigenvalue weighted by Gasteiger charge is 2.24. The number of nitrogens with one attached hydrogen (secondary N) is 1. The summed E-state index contributed by atoms with van der Waals surface area (Å²) in [5.74, 6) is 1.21. The number of aliphatic hydroxyl groups excluding tert-OH is 1. The van der Waals surface area contributed by atoms with E-state index in [0.29, 0.717) is 19.2 Å². The van der Waals surface area contributed by atoms with E-state index in [9.17, 15) is 5.11 Å². The van der Waals surface area contributed by atoms with Crippen LogP contribution in [0, 0.1) is 0 Å². The first-order valence-corrected chi connectivity index (χ1v) is 6.83. The van der Waals surface area contributed by atoms with Crippen LogP contribution in [0.3, 0.4) is 0 Å². The third-order valence-electron chi connectivity index (χ3n) is 2.79. The summed E-state index contributed by atoms with van der Waals surface area (Å²) in [5, 5.41) is 13.7. The molecule has 0 amide bonds. The van der Waals surface area contributed by atoms with Crippen molar-refractivity contribution in [2.75, 3.05) is 26.0 Å². The van der Waals surface area contributed by atoms with Gasteiger partial charge in [-0.25, -0.2) is 0 Å². The number of hydrogen-bond donors (Lipinski definition) is 2. The molecule has 0 radical (unpaired) electrons. The SMILES string of the molecule is CCSC1CCC(NCC(O)COC)C1. The van der Waals surface area contributed by atoms with Crippen molar-refractivity contribution in [3.8, 4) is 0 Å². The minimum absolute atomic E-state index is 0.368. The molecule has 3 unspecified atom stereocenters. The molecule has 0 aromatic heterocycles. The highest BCUT2D eigenvalue weighted by molar-refractivity contribution is 7.99. The molecule has 0 saturated heterocycles. The number of methoxy groups -OCH3 is 1. The summed E-state index contributed by atoms with van der Waals surface area (Å²) >= 11 is 2.06. The van der Waals surface area contributed by atoms with Gasteiger partial charge in [0.05, 0.1) is 12.7 Å². The molecular weight excluding hydrogens is 210 g/mol. The van der Waals surface area contributed by atoms with Crippen molar-refractivity contribution in [2.45, 2.75) is 43.6 Å². The Labute approximate surface area is 97.0 Å². The Bertz CT molecular complexity index is 169. The maximum Gasteiger partial charge on any atom is 0.0897 e. The van der Waals surface area contributed by atoms with Gasteiger partial charge in [0.25, 0.3) is 0 Å². The van der Waals surface area contributed by atoms with Crippen LogP contribution in [-0.2, 0) is 4.74 Å². The van der Waals surface area contributed by atoms with E-state index in [4.69, 9.17) is 4.74 Å². The van der Waals surface area contributed by atoms with Crippen LogP contribution in [0.25, 0.3) is 0 Å². The summed E-state index contributed by atoms with van der Waals surface area (Å²) in [5.41, 5.74) is 0. The molecular formula is C11H23NO2S. The molecule has 2 N–H and O–H groups in total. The van der Waals surface area contributed by atoms with Gasteiger partial charge in [0.15, 0.2) is 0 Å². The van der Waals surface area contributed by atoms with Crippen molar-refractivity contribution in [2.24, 2.45) is 0 Å². The Hall–Kier alpha value is 0.230. The van der Waals surface area contributed by atoms with Crippen molar-refractivity contribution < 1.29 is 9.84 Å². The molecule has 0 heterocycles. The number of thioether (sulfide) groups is 1. The zero-order chi connectivity index (χ0) is 11.1. The van der Waals surface area contributed by atoms with Crippen molar-refractivity contribution in [3.63, 3.8) is 0 Å². The molecule has 0 aromatic rings. The molecule has 0 aromatic carbocycles. The van der Waals surface area contributed by atoms with Gasteiger partial charge in [-0.15, -0.1) is 0 Å². The molecule has 1 rings (SSSR count). The zero-order valence-electron chi connectivity index (χ0n) is 9.74. The molecule has 1 aliphatic carbocycles. The van der Waals surface area contributed by atoms with E-state index < -0.39 is 0 Å². The molecule has 3 atom stereocenters. The van der Waals surface area contributed by atoms with Gasteiger partial charge in [-0.2, -0.15) is 11.8 Å². The van der Waals surface area contributed by atoms with Gasteiger partial charge >= 0.3 is 0 Å². The number of ether oxygens (including phenoxy) is 1. The fraction of sp³-hybridized carbons (Fsp3) is 1.00. The van der Waals surface area contributed by atoms with Gasteiger partial charge in [-0.1, -0.05) is 6.92 Å². The molecule has 4 heteroatoms. The summed E-state index contributed by atoms with van der Waals surface area (Å²) in [4.78, 5) is 0. The predicted molar refractivity (Wildman–Crippen MR) is 65.4 cm³/mol. The molecule has 1 aliphatic rings. The average molecular weight is 233 g/mol. The molecule has 15 heavy (non-hydrogen) atoms.